The number of nitrogens with zero attached hydrogens (tertiary/aromatic N) is 1. The first-order valence-electron chi connectivity index (χ1n) is 8.59. The molecule has 2 aromatic carbocycles. The van der Waals surface area contributed by atoms with Crippen LogP contribution in [0.15, 0.2) is 48.5 Å². The van der Waals surface area contributed by atoms with E-state index in [0.29, 0.717) is 12.0 Å². The summed E-state index contributed by atoms with van der Waals surface area (Å²) in [7, 11) is 0. The smallest absolute Gasteiger partial charge is 0.340 e. The Bertz CT molecular complexity index is 788. The van der Waals surface area contributed by atoms with E-state index in [4.69, 9.17) is 4.74 Å². The first-order chi connectivity index (χ1) is 11.1. The average Bonchev–Trinajstić information content (AvgIpc) is 2.96. The highest BCUT2D eigenvalue weighted by molar-refractivity contribution is 5.79. The van der Waals surface area contributed by atoms with E-state index in [9.17, 15) is 0 Å². The van der Waals surface area contributed by atoms with Gasteiger partial charge in [0.15, 0.2) is 12.1 Å². The first-order valence-corrected chi connectivity index (χ1v) is 8.59. The van der Waals surface area contributed by atoms with E-state index in [1.165, 1.54) is 22.3 Å². The zero-order valence-corrected chi connectivity index (χ0v) is 14.3. The van der Waals surface area contributed by atoms with E-state index in [0.717, 1.165) is 5.90 Å². The van der Waals surface area contributed by atoms with E-state index < -0.39 is 0 Å². The molecule has 0 radical (unpaired) electrons. The maximum atomic E-state index is 6.53. The largest absolute Gasteiger partial charge is 0.432 e. The van der Waals surface area contributed by atoms with Gasteiger partial charge in [0, 0.05) is 11.1 Å². The molecular weight excluding hydrogens is 282 g/mol. The molecule has 0 fully saturated rings. The number of fused-ring (bicyclic) bond motifs is 6. The monoisotopic (exact) mass is 306 g/mol. The average molecular weight is 306 g/mol. The second-order valence-electron chi connectivity index (χ2n) is 7.15. The Kier molecular flexibility index (Phi) is 3.29. The van der Waals surface area contributed by atoms with Gasteiger partial charge in [-0.05, 0) is 38.8 Å². The van der Waals surface area contributed by atoms with Crippen LogP contribution in [0.1, 0.15) is 51.0 Å². The van der Waals surface area contributed by atoms with Crippen molar-refractivity contribution in [2.24, 2.45) is 5.92 Å². The summed E-state index contributed by atoms with van der Waals surface area (Å²) in [5.74, 6) is 1.52. The molecule has 118 valence electrons. The third-order valence-corrected chi connectivity index (χ3v) is 4.98. The molecule has 0 aromatic heterocycles. The Morgan fingerprint density at radius 1 is 0.826 bits per heavy atom. The van der Waals surface area contributed by atoms with Crippen molar-refractivity contribution in [1.82, 2.24) is 0 Å². The van der Waals surface area contributed by atoms with E-state index in [2.05, 4.69) is 80.8 Å². The Morgan fingerprint density at radius 2 is 1.39 bits per heavy atom. The molecule has 0 unspecified atom stereocenters. The summed E-state index contributed by atoms with van der Waals surface area (Å²) in [6.07, 6.45) is 0.0981. The predicted octanol–water partition coefficient (Wildman–Crippen LogP) is 4.96. The lowest BCUT2D eigenvalue weighted by Crippen LogP contribution is -2.30. The maximum absolute atomic E-state index is 6.53. The molecule has 0 saturated carbocycles. The lowest BCUT2D eigenvalue weighted by Gasteiger charge is -2.27. The SMILES string of the molecule is CC(C)C1=[N+](C(C)C)[C@@H]2c3ccccc3-c3ccccc3[C@@H]2O1. The Hall–Kier alpha value is -2.09. The third kappa shape index (κ3) is 2.04. The van der Waals surface area contributed by atoms with Gasteiger partial charge in [-0.15, -0.1) is 0 Å². The molecule has 4 rings (SSSR count). The topological polar surface area (TPSA) is 12.2 Å². The van der Waals surface area contributed by atoms with Gasteiger partial charge in [-0.2, -0.15) is 4.58 Å². The molecule has 2 aliphatic rings. The van der Waals surface area contributed by atoms with E-state index >= 15 is 0 Å². The standard InChI is InChI=1S/C21H24NO/c1-13(2)21-22(14(3)4)19-17-11-7-5-9-15(17)16-10-6-8-12-18(16)20(19)23-21/h5-14,19-20H,1-4H3/q+1/t19-,20+/m1/s1. The zero-order chi connectivity index (χ0) is 16.1. The van der Waals surface area contributed by atoms with Gasteiger partial charge in [-0.3, -0.25) is 0 Å². The second kappa shape index (κ2) is 5.23. The van der Waals surface area contributed by atoms with Crippen molar-refractivity contribution in [1.29, 1.82) is 0 Å². The Balaban J connectivity index is 1.99. The van der Waals surface area contributed by atoms with E-state index in [-0.39, 0.29) is 12.1 Å². The fraction of sp³-hybridized carbons (Fsp3) is 0.381. The van der Waals surface area contributed by atoms with Crippen molar-refractivity contribution >= 4 is 5.90 Å². The minimum Gasteiger partial charge on any atom is -0.432 e. The molecule has 0 bridgehead atoms. The zero-order valence-electron chi connectivity index (χ0n) is 14.3. The summed E-state index contributed by atoms with van der Waals surface area (Å²) >= 11 is 0. The molecule has 2 nitrogen and oxygen atoms in total. The van der Waals surface area contributed by atoms with Crippen molar-refractivity contribution in [3.8, 4) is 11.1 Å². The van der Waals surface area contributed by atoms with Gasteiger partial charge in [0.05, 0.1) is 5.92 Å². The van der Waals surface area contributed by atoms with Gasteiger partial charge in [0.1, 0.15) is 0 Å². The Labute approximate surface area is 138 Å². The summed E-state index contributed by atoms with van der Waals surface area (Å²) in [6, 6.07) is 18.2. The van der Waals surface area contributed by atoms with Gasteiger partial charge in [0.2, 0.25) is 6.04 Å². The molecule has 0 spiro atoms. The van der Waals surface area contributed by atoms with Crippen LogP contribution in [0.3, 0.4) is 0 Å². The van der Waals surface area contributed by atoms with Crippen LogP contribution in [0.4, 0.5) is 0 Å². The van der Waals surface area contributed by atoms with Crippen LogP contribution in [0.2, 0.25) is 0 Å². The number of rotatable bonds is 2. The van der Waals surface area contributed by atoms with Gasteiger partial charge in [-0.25, -0.2) is 0 Å². The van der Waals surface area contributed by atoms with Crippen molar-refractivity contribution in [2.45, 2.75) is 45.9 Å². The van der Waals surface area contributed by atoms with Crippen LogP contribution in [-0.2, 0) is 4.74 Å². The van der Waals surface area contributed by atoms with Crippen LogP contribution in [0.25, 0.3) is 11.1 Å². The molecule has 1 aliphatic heterocycles. The summed E-state index contributed by atoms with van der Waals surface area (Å²) in [5, 5.41) is 0. The fourth-order valence-electron chi connectivity index (χ4n) is 4.09. The van der Waals surface area contributed by atoms with Crippen molar-refractivity contribution in [2.75, 3.05) is 0 Å². The van der Waals surface area contributed by atoms with E-state index in [1.54, 1.807) is 0 Å². The van der Waals surface area contributed by atoms with Crippen molar-refractivity contribution < 1.29 is 9.31 Å². The van der Waals surface area contributed by atoms with Gasteiger partial charge in [-0.1, -0.05) is 48.5 Å². The molecule has 1 aliphatic carbocycles. The molecule has 1 heterocycles. The van der Waals surface area contributed by atoms with Gasteiger partial charge < -0.3 is 4.74 Å². The molecule has 23 heavy (non-hydrogen) atoms. The highest BCUT2D eigenvalue weighted by Gasteiger charge is 2.51. The first kappa shape index (κ1) is 14.5. The molecule has 0 N–H and O–H groups in total. The number of hydrogen-bond acceptors (Lipinski definition) is 1. The lowest BCUT2D eigenvalue weighted by molar-refractivity contribution is -0.597. The molecular formula is C21H24NO+. The van der Waals surface area contributed by atoms with Crippen molar-refractivity contribution in [3.05, 3.63) is 59.7 Å². The number of hydrogen-bond donors (Lipinski definition) is 0. The number of ether oxygens (including phenoxy) is 1. The van der Waals surface area contributed by atoms with Crippen LogP contribution in [-0.4, -0.2) is 16.5 Å². The quantitative estimate of drug-likeness (QED) is 0.715. The van der Waals surface area contributed by atoms with E-state index in [1.807, 2.05) is 0 Å². The molecule has 0 saturated heterocycles. The van der Waals surface area contributed by atoms with Gasteiger partial charge >= 0.3 is 5.90 Å². The fourth-order valence-corrected chi connectivity index (χ4v) is 4.09. The Morgan fingerprint density at radius 3 is 2.00 bits per heavy atom. The predicted molar refractivity (Wildman–Crippen MR) is 93.7 cm³/mol. The van der Waals surface area contributed by atoms with Crippen LogP contribution in [0.5, 0.6) is 0 Å². The number of benzene rings is 2. The molecule has 0 amide bonds. The lowest BCUT2D eigenvalue weighted by atomic mass is 9.80. The summed E-state index contributed by atoms with van der Waals surface area (Å²) in [5.41, 5.74) is 5.37. The maximum Gasteiger partial charge on any atom is 0.340 e. The normalized spacial score (nSPS) is 22.0. The second-order valence-corrected chi connectivity index (χ2v) is 7.15. The summed E-state index contributed by atoms with van der Waals surface area (Å²) < 4.78 is 9.02. The van der Waals surface area contributed by atoms with Gasteiger partial charge in [0.25, 0.3) is 0 Å². The molecule has 2 atom stereocenters. The summed E-state index contributed by atoms with van der Waals surface area (Å²) in [4.78, 5) is 0. The van der Waals surface area contributed by atoms with Crippen LogP contribution < -0.4 is 0 Å². The third-order valence-electron chi connectivity index (χ3n) is 4.98. The van der Waals surface area contributed by atoms with Crippen molar-refractivity contribution in [3.63, 3.8) is 0 Å². The summed E-state index contributed by atoms with van der Waals surface area (Å²) in [6.45, 7) is 8.97. The highest BCUT2D eigenvalue weighted by Crippen LogP contribution is 2.51. The minimum atomic E-state index is 0.0981. The minimum absolute atomic E-state index is 0.0981. The van der Waals surface area contributed by atoms with Crippen LogP contribution in [0, 0.1) is 5.92 Å². The van der Waals surface area contributed by atoms with Crippen LogP contribution >= 0.6 is 0 Å². The molecule has 2 heteroatoms. The highest BCUT2D eigenvalue weighted by atomic mass is 16.5. The molecule has 2 aromatic rings.